The first-order valence-corrected chi connectivity index (χ1v) is 7.68. The topological polar surface area (TPSA) is 23.5 Å². The summed E-state index contributed by atoms with van der Waals surface area (Å²) in [4.78, 5) is 2.44. The SMILES string of the molecule is CCC1CCCN(c2ccc(Br)cc2CO)CC1. The lowest BCUT2D eigenvalue weighted by atomic mass is 9.98. The molecule has 1 aromatic rings. The zero-order chi connectivity index (χ0) is 13.0. The van der Waals surface area contributed by atoms with Gasteiger partial charge in [0.05, 0.1) is 6.61 Å². The predicted octanol–water partition coefficient (Wildman–Crippen LogP) is 3.96. The van der Waals surface area contributed by atoms with Crippen LogP contribution in [0.1, 0.15) is 38.2 Å². The van der Waals surface area contributed by atoms with E-state index in [0.29, 0.717) is 0 Å². The van der Waals surface area contributed by atoms with Gasteiger partial charge in [-0.3, -0.25) is 0 Å². The molecule has 0 radical (unpaired) electrons. The summed E-state index contributed by atoms with van der Waals surface area (Å²) in [5.41, 5.74) is 2.23. The van der Waals surface area contributed by atoms with Crippen LogP contribution >= 0.6 is 15.9 Å². The van der Waals surface area contributed by atoms with Crippen molar-refractivity contribution in [3.05, 3.63) is 28.2 Å². The van der Waals surface area contributed by atoms with Crippen molar-refractivity contribution in [1.82, 2.24) is 0 Å². The fourth-order valence-corrected chi connectivity index (χ4v) is 3.21. The summed E-state index contributed by atoms with van der Waals surface area (Å²) in [7, 11) is 0. The molecule has 1 fully saturated rings. The number of halogens is 1. The van der Waals surface area contributed by atoms with Gasteiger partial charge in [0.25, 0.3) is 0 Å². The molecule has 1 aliphatic rings. The van der Waals surface area contributed by atoms with Crippen LogP contribution in [0.3, 0.4) is 0 Å². The van der Waals surface area contributed by atoms with E-state index < -0.39 is 0 Å². The van der Waals surface area contributed by atoms with E-state index in [1.165, 1.54) is 31.4 Å². The summed E-state index contributed by atoms with van der Waals surface area (Å²) in [5, 5.41) is 9.49. The lowest BCUT2D eigenvalue weighted by Gasteiger charge is -2.25. The van der Waals surface area contributed by atoms with E-state index in [2.05, 4.69) is 39.9 Å². The van der Waals surface area contributed by atoms with Gasteiger partial charge in [-0.15, -0.1) is 0 Å². The standard InChI is InChI=1S/C15H22BrNO/c1-2-12-4-3-8-17(9-7-12)15-6-5-14(16)10-13(15)11-18/h5-6,10,12,18H,2-4,7-9,11H2,1H3. The number of benzene rings is 1. The minimum atomic E-state index is 0.114. The molecule has 1 aromatic carbocycles. The van der Waals surface area contributed by atoms with Gasteiger partial charge < -0.3 is 10.0 Å². The third kappa shape index (κ3) is 3.27. The van der Waals surface area contributed by atoms with Gasteiger partial charge in [-0.1, -0.05) is 29.3 Å². The highest BCUT2D eigenvalue weighted by molar-refractivity contribution is 9.10. The Balaban J connectivity index is 2.15. The fraction of sp³-hybridized carbons (Fsp3) is 0.600. The monoisotopic (exact) mass is 311 g/mol. The van der Waals surface area contributed by atoms with Crippen molar-refractivity contribution >= 4 is 21.6 Å². The molecular formula is C15H22BrNO. The highest BCUT2D eigenvalue weighted by Gasteiger charge is 2.17. The smallest absolute Gasteiger partial charge is 0.0702 e. The van der Waals surface area contributed by atoms with Gasteiger partial charge >= 0.3 is 0 Å². The van der Waals surface area contributed by atoms with E-state index >= 15 is 0 Å². The molecule has 1 heterocycles. The normalized spacial score (nSPS) is 20.8. The zero-order valence-corrected chi connectivity index (χ0v) is 12.6. The molecule has 1 aliphatic heterocycles. The maximum atomic E-state index is 9.49. The second-order valence-electron chi connectivity index (χ2n) is 5.12. The lowest BCUT2D eigenvalue weighted by molar-refractivity contribution is 0.282. The maximum Gasteiger partial charge on any atom is 0.0702 e. The number of hydrogen-bond donors (Lipinski definition) is 1. The number of anilines is 1. The Morgan fingerprint density at radius 2 is 2.17 bits per heavy atom. The molecule has 3 heteroatoms. The van der Waals surface area contributed by atoms with Gasteiger partial charge in [0.2, 0.25) is 0 Å². The second-order valence-corrected chi connectivity index (χ2v) is 6.04. The van der Waals surface area contributed by atoms with E-state index in [0.717, 1.165) is 29.0 Å². The molecule has 1 unspecified atom stereocenters. The van der Waals surface area contributed by atoms with E-state index in [1.54, 1.807) is 0 Å². The molecule has 0 aromatic heterocycles. The summed E-state index contributed by atoms with van der Waals surface area (Å²) >= 11 is 3.47. The number of aliphatic hydroxyl groups is 1. The van der Waals surface area contributed by atoms with E-state index in [4.69, 9.17) is 0 Å². The van der Waals surface area contributed by atoms with Crippen molar-refractivity contribution in [2.45, 2.75) is 39.2 Å². The fourth-order valence-electron chi connectivity index (χ4n) is 2.80. The summed E-state index contributed by atoms with van der Waals surface area (Å²) in [6.07, 6.45) is 5.18. The van der Waals surface area contributed by atoms with Crippen molar-refractivity contribution < 1.29 is 5.11 Å². The van der Waals surface area contributed by atoms with E-state index in [9.17, 15) is 5.11 Å². The van der Waals surface area contributed by atoms with Crippen LogP contribution in [0.2, 0.25) is 0 Å². The second kappa shape index (κ2) is 6.58. The molecular weight excluding hydrogens is 290 g/mol. The third-order valence-corrected chi connectivity index (χ3v) is 4.47. The van der Waals surface area contributed by atoms with E-state index in [-0.39, 0.29) is 6.61 Å². The molecule has 0 amide bonds. The third-order valence-electron chi connectivity index (χ3n) is 3.98. The molecule has 2 rings (SSSR count). The molecule has 1 N–H and O–H groups in total. The summed E-state index contributed by atoms with van der Waals surface area (Å²) in [6.45, 7) is 4.64. The molecule has 1 atom stereocenters. The summed E-state index contributed by atoms with van der Waals surface area (Å²) < 4.78 is 1.04. The van der Waals surface area contributed by atoms with Crippen LogP contribution in [-0.4, -0.2) is 18.2 Å². The van der Waals surface area contributed by atoms with Gasteiger partial charge in [-0.05, 0) is 43.4 Å². The number of aliphatic hydroxyl groups excluding tert-OH is 1. The Bertz CT molecular complexity index is 394. The van der Waals surface area contributed by atoms with Crippen LogP contribution in [0.25, 0.3) is 0 Å². The number of rotatable bonds is 3. The molecule has 2 nitrogen and oxygen atoms in total. The highest BCUT2D eigenvalue weighted by atomic mass is 79.9. The van der Waals surface area contributed by atoms with Gasteiger partial charge in [0.15, 0.2) is 0 Å². The minimum absolute atomic E-state index is 0.114. The van der Waals surface area contributed by atoms with Crippen molar-refractivity contribution in [2.24, 2.45) is 5.92 Å². The first-order chi connectivity index (χ1) is 8.74. The van der Waals surface area contributed by atoms with Crippen LogP contribution in [0.4, 0.5) is 5.69 Å². The van der Waals surface area contributed by atoms with Crippen LogP contribution in [0, 0.1) is 5.92 Å². The highest BCUT2D eigenvalue weighted by Crippen LogP contribution is 2.29. The largest absolute Gasteiger partial charge is 0.392 e. The van der Waals surface area contributed by atoms with Crippen molar-refractivity contribution in [1.29, 1.82) is 0 Å². The molecule has 100 valence electrons. The van der Waals surface area contributed by atoms with Crippen LogP contribution < -0.4 is 4.90 Å². The molecule has 1 saturated heterocycles. The molecule has 0 saturated carbocycles. The average Bonchev–Trinajstić information content (AvgIpc) is 2.63. The quantitative estimate of drug-likeness (QED) is 0.913. The molecule has 0 aliphatic carbocycles. The van der Waals surface area contributed by atoms with Gasteiger partial charge in [-0.25, -0.2) is 0 Å². The zero-order valence-electron chi connectivity index (χ0n) is 11.0. The lowest BCUT2D eigenvalue weighted by Crippen LogP contribution is -2.25. The minimum Gasteiger partial charge on any atom is -0.392 e. The first kappa shape index (κ1) is 13.9. The Labute approximate surface area is 118 Å². The summed E-state index contributed by atoms with van der Waals surface area (Å²) in [6, 6.07) is 6.22. The first-order valence-electron chi connectivity index (χ1n) is 6.88. The Kier molecular flexibility index (Phi) is 5.07. The van der Waals surface area contributed by atoms with Crippen molar-refractivity contribution in [3.63, 3.8) is 0 Å². The predicted molar refractivity (Wildman–Crippen MR) is 79.9 cm³/mol. The van der Waals surface area contributed by atoms with Crippen molar-refractivity contribution in [2.75, 3.05) is 18.0 Å². The maximum absolute atomic E-state index is 9.49. The summed E-state index contributed by atoms with van der Waals surface area (Å²) in [5.74, 6) is 0.878. The Hall–Kier alpha value is -0.540. The van der Waals surface area contributed by atoms with E-state index in [1.807, 2.05) is 6.07 Å². The number of hydrogen-bond acceptors (Lipinski definition) is 2. The molecule has 18 heavy (non-hydrogen) atoms. The van der Waals surface area contributed by atoms with Crippen LogP contribution in [0.5, 0.6) is 0 Å². The van der Waals surface area contributed by atoms with Gasteiger partial charge in [-0.2, -0.15) is 0 Å². The van der Waals surface area contributed by atoms with Crippen LogP contribution in [0.15, 0.2) is 22.7 Å². The molecule has 0 spiro atoms. The Morgan fingerprint density at radius 3 is 2.89 bits per heavy atom. The van der Waals surface area contributed by atoms with Crippen LogP contribution in [-0.2, 0) is 6.61 Å². The Morgan fingerprint density at radius 1 is 1.33 bits per heavy atom. The molecule has 0 bridgehead atoms. The number of nitrogens with zero attached hydrogens (tertiary/aromatic N) is 1. The van der Waals surface area contributed by atoms with Gasteiger partial charge in [0, 0.05) is 28.8 Å². The average molecular weight is 312 g/mol. The van der Waals surface area contributed by atoms with Crippen molar-refractivity contribution in [3.8, 4) is 0 Å². The van der Waals surface area contributed by atoms with Gasteiger partial charge in [0.1, 0.15) is 0 Å².